The van der Waals surface area contributed by atoms with Gasteiger partial charge in [-0.1, -0.05) is 6.08 Å². The molecule has 0 spiro atoms. The average molecular weight is 197 g/mol. The van der Waals surface area contributed by atoms with Crippen molar-refractivity contribution in [3.05, 3.63) is 12.2 Å². The molecule has 82 valence electrons. The number of aliphatic imine (C=N–C) groups is 1. The highest BCUT2D eigenvalue weighted by Crippen LogP contribution is 1.97. The molecule has 3 nitrogen and oxygen atoms in total. The lowest BCUT2D eigenvalue weighted by atomic mass is 10.3. The number of hydrogen-bond donors (Lipinski definition) is 1. The lowest BCUT2D eigenvalue weighted by molar-refractivity contribution is 0.153. The average Bonchev–Trinajstić information content (AvgIpc) is 2.14. The third-order valence-electron chi connectivity index (χ3n) is 1.99. The quantitative estimate of drug-likeness (QED) is 0.520. The van der Waals surface area contributed by atoms with Crippen molar-refractivity contribution in [1.82, 2.24) is 10.4 Å². The molecule has 0 aromatic rings. The molecule has 0 radical (unpaired) electrons. The fourth-order valence-corrected chi connectivity index (χ4v) is 1.17. The lowest BCUT2D eigenvalue weighted by Crippen LogP contribution is -2.44. The summed E-state index contributed by atoms with van der Waals surface area (Å²) >= 11 is 0. The van der Waals surface area contributed by atoms with Gasteiger partial charge in [-0.05, 0) is 40.8 Å². The van der Waals surface area contributed by atoms with E-state index in [1.165, 1.54) is 0 Å². The van der Waals surface area contributed by atoms with Crippen molar-refractivity contribution >= 4 is 6.21 Å². The Balaban J connectivity index is 3.96. The van der Waals surface area contributed by atoms with Crippen LogP contribution in [0.4, 0.5) is 0 Å². The normalized spacial score (nSPS) is 15.1. The SMILES string of the molecule is C/C=C\C=NC(C)CN(NC)C(C)C. The summed E-state index contributed by atoms with van der Waals surface area (Å²) in [4.78, 5) is 4.39. The molecule has 3 heteroatoms. The molecule has 14 heavy (non-hydrogen) atoms. The van der Waals surface area contributed by atoms with Gasteiger partial charge in [-0.15, -0.1) is 0 Å². The molecule has 0 aliphatic carbocycles. The first-order chi connectivity index (χ1) is 6.61. The third-order valence-corrected chi connectivity index (χ3v) is 1.99. The molecule has 0 bridgehead atoms. The van der Waals surface area contributed by atoms with Gasteiger partial charge in [0.25, 0.3) is 0 Å². The van der Waals surface area contributed by atoms with Crippen molar-refractivity contribution in [2.45, 2.75) is 39.8 Å². The van der Waals surface area contributed by atoms with E-state index < -0.39 is 0 Å². The van der Waals surface area contributed by atoms with E-state index in [4.69, 9.17) is 0 Å². The number of rotatable bonds is 6. The fourth-order valence-electron chi connectivity index (χ4n) is 1.17. The van der Waals surface area contributed by atoms with E-state index in [2.05, 4.69) is 36.2 Å². The van der Waals surface area contributed by atoms with Crippen LogP contribution in [0.2, 0.25) is 0 Å². The first-order valence-electron chi connectivity index (χ1n) is 5.20. The number of nitrogens with zero attached hydrogens (tertiary/aromatic N) is 2. The van der Waals surface area contributed by atoms with Gasteiger partial charge in [-0.25, -0.2) is 5.01 Å². The summed E-state index contributed by atoms with van der Waals surface area (Å²) in [5.74, 6) is 0. The monoisotopic (exact) mass is 197 g/mol. The predicted octanol–water partition coefficient (Wildman–Crippen LogP) is 1.87. The highest BCUT2D eigenvalue weighted by molar-refractivity contribution is 5.70. The molecule has 0 rings (SSSR count). The Labute approximate surface area is 87.9 Å². The van der Waals surface area contributed by atoms with Crippen LogP contribution in [0.5, 0.6) is 0 Å². The van der Waals surface area contributed by atoms with E-state index >= 15 is 0 Å². The molecule has 0 amide bonds. The fraction of sp³-hybridized carbons (Fsp3) is 0.727. The van der Waals surface area contributed by atoms with Crippen LogP contribution in [-0.4, -0.2) is 36.9 Å². The van der Waals surface area contributed by atoms with E-state index in [-0.39, 0.29) is 0 Å². The van der Waals surface area contributed by atoms with Gasteiger partial charge in [0.2, 0.25) is 0 Å². The van der Waals surface area contributed by atoms with Gasteiger partial charge in [-0.2, -0.15) is 0 Å². The van der Waals surface area contributed by atoms with Gasteiger partial charge >= 0.3 is 0 Å². The number of nitrogens with one attached hydrogen (secondary N) is 1. The van der Waals surface area contributed by atoms with Gasteiger partial charge in [0, 0.05) is 18.8 Å². The molecule has 1 N–H and O–H groups in total. The molecule has 1 unspecified atom stereocenters. The van der Waals surface area contributed by atoms with E-state index in [1.807, 2.05) is 32.3 Å². The zero-order valence-corrected chi connectivity index (χ0v) is 9.99. The molecule has 0 fully saturated rings. The second kappa shape index (κ2) is 7.71. The Bertz CT molecular complexity index is 185. The van der Waals surface area contributed by atoms with Gasteiger partial charge < -0.3 is 0 Å². The number of hydrogen-bond acceptors (Lipinski definition) is 3. The second-order valence-electron chi connectivity index (χ2n) is 3.64. The van der Waals surface area contributed by atoms with Crippen LogP contribution < -0.4 is 5.43 Å². The van der Waals surface area contributed by atoms with Crippen molar-refractivity contribution in [2.75, 3.05) is 13.6 Å². The molecule has 1 atom stereocenters. The van der Waals surface area contributed by atoms with Crippen molar-refractivity contribution in [1.29, 1.82) is 0 Å². The van der Waals surface area contributed by atoms with Crippen LogP contribution in [0.1, 0.15) is 27.7 Å². The third kappa shape index (κ3) is 5.89. The molecule has 0 aliphatic rings. The van der Waals surface area contributed by atoms with E-state index in [1.54, 1.807) is 0 Å². The maximum Gasteiger partial charge on any atom is 0.0612 e. The molecule has 0 aromatic carbocycles. The Hall–Kier alpha value is -0.670. The van der Waals surface area contributed by atoms with Crippen molar-refractivity contribution < 1.29 is 0 Å². The minimum absolute atomic E-state index is 0.320. The predicted molar refractivity (Wildman–Crippen MR) is 63.7 cm³/mol. The Kier molecular flexibility index (Phi) is 7.34. The largest absolute Gasteiger partial charge is 0.289 e. The highest BCUT2D eigenvalue weighted by atomic mass is 15.5. The van der Waals surface area contributed by atoms with Crippen molar-refractivity contribution in [3.8, 4) is 0 Å². The Morgan fingerprint density at radius 2 is 2.00 bits per heavy atom. The molecule has 0 saturated carbocycles. The van der Waals surface area contributed by atoms with Gasteiger partial charge in [0.15, 0.2) is 0 Å². The summed E-state index contributed by atoms with van der Waals surface area (Å²) in [7, 11) is 1.95. The first-order valence-corrected chi connectivity index (χ1v) is 5.20. The van der Waals surface area contributed by atoms with Crippen LogP contribution in [0.25, 0.3) is 0 Å². The zero-order valence-electron chi connectivity index (χ0n) is 9.99. The molecular weight excluding hydrogens is 174 g/mol. The van der Waals surface area contributed by atoms with Gasteiger partial charge in [0.05, 0.1) is 6.04 Å². The summed E-state index contributed by atoms with van der Waals surface area (Å²) in [6.07, 6.45) is 5.79. The van der Waals surface area contributed by atoms with Crippen molar-refractivity contribution in [2.24, 2.45) is 4.99 Å². The minimum Gasteiger partial charge on any atom is -0.289 e. The smallest absolute Gasteiger partial charge is 0.0612 e. The Morgan fingerprint density at radius 3 is 2.43 bits per heavy atom. The summed E-state index contributed by atoms with van der Waals surface area (Å²) in [5.41, 5.74) is 3.16. The number of hydrazine groups is 1. The van der Waals surface area contributed by atoms with Crippen LogP contribution in [0, 0.1) is 0 Å². The van der Waals surface area contributed by atoms with Crippen LogP contribution in [0.15, 0.2) is 17.1 Å². The van der Waals surface area contributed by atoms with E-state index in [9.17, 15) is 0 Å². The maximum absolute atomic E-state index is 4.39. The summed E-state index contributed by atoms with van der Waals surface area (Å²) < 4.78 is 0. The summed E-state index contributed by atoms with van der Waals surface area (Å²) in [5, 5.41) is 2.18. The van der Waals surface area contributed by atoms with Gasteiger partial charge in [0.1, 0.15) is 0 Å². The van der Waals surface area contributed by atoms with E-state index in [0.29, 0.717) is 12.1 Å². The number of allylic oxidation sites excluding steroid dienone is 2. The van der Waals surface area contributed by atoms with Crippen molar-refractivity contribution in [3.63, 3.8) is 0 Å². The molecule has 0 heterocycles. The maximum atomic E-state index is 4.39. The first kappa shape index (κ1) is 13.3. The zero-order chi connectivity index (χ0) is 11.0. The van der Waals surface area contributed by atoms with Crippen LogP contribution in [0.3, 0.4) is 0 Å². The van der Waals surface area contributed by atoms with Crippen LogP contribution >= 0.6 is 0 Å². The highest BCUT2D eigenvalue weighted by Gasteiger charge is 2.09. The minimum atomic E-state index is 0.320. The summed E-state index contributed by atoms with van der Waals surface area (Å²) in [6.45, 7) is 9.37. The molecule has 0 saturated heterocycles. The summed E-state index contributed by atoms with van der Waals surface area (Å²) in [6, 6.07) is 0.820. The molecular formula is C11H23N3. The topological polar surface area (TPSA) is 27.6 Å². The second-order valence-corrected chi connectivity index (χ2v) is 3.64. The Morgan fingerprint density at radius 1 is 1.36 bits per heavy atom. The standard InChI is InChI=1S/C11H23N3/c1-6-7-8-13-11(4)9-14(12-5)10(2)3/h6-8,10-12H,9H2,1-5H3/b7-6-,13-8?. The molecule has 0 aromatic heterocycles. The molecule has 0 aliphatic heterocycles. The lowest BCUT2D eigenvalue weighted by Gasteiger charge is -2.26. The van der Waals surface area contributed by atoms with Gasteiger partial charge in [-0.3, -0.25) is 10.4 Å². The van der Waals surface area contributed by atoms with E-state index in [0.717, 1.165) is 6.54 Å². The van der Waals surface area contributed by atoms with Crippen LogP contribution in [-0.2, 0) is 0 Å².